The Balaban J connectivity index is 4.52. The lowest BCUT2D eigenvalue weighted by Gasteiger charge is -2.29. The van der Waals surface area contributed by atoms with Gasteiger partial charge in [0.15, 0.2) is 0 Å². The second-order valence-corrected chi connectivity index (χ2v) is 4.97. The SMILES string of the molecule is CC[C@H](NC(=O)C(C)(C)NC(=O)OC)C(C)C. The highest BCUT2D eigenvalue weighted by Crippen LogP contribution is 2.09. The molecule has 100 valence electrons. The van der Waals surface area contributed by atoms with E-state index in [-0.39, 0.29) is 11.9 Å². The van der Waals surface area contributed by atoms with Crippen LogP contribution in [0.2, 0.25) is 0 Å². The number of rotatable bonds is 5. The molecule has 0 aliphatic heterocycles. The summed E-state index contributed by atoms with van der Waals surface area (Å²) in [5.41, 5.74) is -0.977. The molecule has 2 N–H and O–H groups in total. The van der Waals surface area contributed by atoms with Gasteiger partial charge in [-0.1, -0.05) is 20.8 Å². The maximum Gasteiger partial charge on any atom is 0.407 e. The second-order valence-electron chi connectivity index (χ2n) is 4.97. The summed E-state index contributed by atoms with van der Waals surface area (Å²) >= 11 is 0. The van der Waals surface area contributed by atoms with Crippen LogP contribution in [0.1, 0.15) is 41.0 Å². The van der Waals surface area contributed by atoms with Gasteiger partial charge in [0.2, 0.25) is 5.91 Å². The number of carbonyl (C=O) groups excluding carboxylic acids is 2. The molecule has 0 bridgehead atoms. The predicted octanol–water partition coefficient (Wildman–Crippen LogP) is 1.67. The maximum atomic E-state index is 12.0. The lowest BCUT2D eigenvalue weighted by molar-refractivity contribution is -0.127. The van der Waals surface area contributed by atoms with Crippen LogP contribution in [0, 0.1) is 5.92 Å². The van der Waals surface area contributed by atoms with Gasteiger partial charge in [0, 0.05) is 6.04 Å². The molecule has 2 amide bonds. The van der Waals surface area contributed by atoms with Crippen LogP contribution >= 0.6 is 0 Å². The first-order chi connectivity index (χ1) is 7.74. The molecule has 0 fully saturated rings. The molecule has 0 aromatic carbocycles. The van der Waals surface area contributed by atoms with Gasteiger partial charge in [-0.25, -0.2) is 4.79 Å². The molecule has 0 aromatic rings. The fourth-order valence-corrected chi connectivity index (χ4v) is 1.45. The zero-order valence-corrected chi connectivity index (χ0v) is 11.6. The van der Waals surface area contributed by atoms with Gasteiger partial charge in [0.25, 0.3) is 0 Å². The van der Waals surface area contributed by atoms with E-state index in [1.807, 2.05) is 6.92 Å². The molecular weight excluding hydrogens is 220 g/mol. The van der Waals surface area contributed by atoms with Gasteiger partial charge in [-0.3, -0.25) is 4.79 Å². The minimum absolute atomic E-state index is 0.112. The molecule has 0 aliphatic rings. The van der Waals surface area contributed by atoms with E-state index in [1.165, 1.54) is 7.11 Å². The topological polar surface area (TPSA) is 67.4 Å². The monoisotopic (exact) mass is 244 g/mol. The van der Waals surface area contributed by atoms with Crippen molar-refractivity contribution in [3.63, 3.8) is 0 Å². The molecule has 1 atom stereocenters. The predicted molar refractivity (Wildman–Crippen MR) is 66.7 cm³/mol. The number of hydrogen-bond acceptors (Lipinski definition) is 3. The molecule has 0 aliphatic carbocycles. The number of amides is 2. The summed E-state index contributed by atoms with van der Waals surface area (Å²) in [5, 5.41) is 5.43. The molecule has 0 saturated heterocycles. The Hall–Kier alpha value is -1.26. The highest BCUT2D eigenvalue weighted by molar-refractivity contribution is 5.89. The average molecular weight is 244 g/mol. The van der Waals surface area contributed by atoms with Crippen molar-refractivity contribution in [3.8, 4) is 0 Å². The summed E-state index contributed by atoms with van der Waals surface area (Å²) < 4.78 is 4.48. The smallest absolute Gasteiger partial charge is 0.407 e. The average Bonchev–Trinajstić information content (AvgIpc) is 2.23. The van der Waals surface area contributed by atoms with E-state index in [4.69, 9.17) is 0 Å². The summed E-state index contributed by atoms with van der Waals surface area (Å²) in [4.78, 5) is 23.1. The van der Waals surface area contributed by atoms with Gasteiger partial charge in [-0.2, -0.15) is 0 Å². The van der Waals surface area contributed by atoms with E-state index in [9.17, 15) is 9.59 Å². The number of methoxy groups -OCH3 is 1. The summed E-state index contributed by atoms with van der Waals surface area (Å²) in [7, 11) is 1.27. The lowest BCUT2D eigenvalue weighted by Crippen LogP contribution is -2.57. The Labute approximate surface area is 103 Å². The minimum atomic E-state index is -0.977. The van der Waals surface area contributed by atoms with Crippen molar-refractivity contribution in [2.75, 3.05) is 7.11 Å². The van der Waals surface area contributed by atoms with Crippen molar-refractivity contribution < 1.29 is 14.3 Å². The molecule has 0 spiro atoms. The highest BCUT2D eigenvalue weighted by atomic mass is 16.5. The second kappa shape index (κ2) is 6.47. The lowest BCUT2D eigenvalue weighted by atomic mass is 9.98. The third-order valence-electron chi connectivity index (χ3n) is 2.73. The van der Waals surface area contributed by atoms with Gasteiger partial charge < -0.3 is 15.4 Å². The molecule has 5 nitrogen and oxygen atoms in total. The number of hydrogen-bond donors (Lipinski definition) is 2. The number of alkyl carbamates (subject to hydrolysis) is 1. The Morgan fingerprint density at radius 3 is 2.18 bits per heavy atom. The maximum absolute atomic E-state index is 12.0. The number of nitrogens with one attached hydrogen (secondary N) is 2. The van der Waals surface area contributed by atoms with Crippen LogP contribution < -0.4 is 10.6 Å². The summed E-state index contributed by atoms with van der Waals surface area (Å²) in [5.74, 6) is 0.154. The summed E-state index contributed by atoms with van der Waals surface area (Å²) in [6.45, 7) is 9.41. The first-order valence-corrected chi connectivity index (χ1v) is 5.91. The first-order valence-electron chi connectivity index (χ1n) is 5.91. The zero-order chi connectivity index (χ0) is 13.6. The van der Waals surface area contributed by atoms with E-state index in [2.05, 4.69) is 29.2 Å². The van der Waals surface area contributed by atoms with Crippen LogP contribution in [0.4, 0.5) is 4.79 Å². The zero-order valence-electron chi connectivity index (χ0n) is 11.6. The highest BCUT2D eigenvalue weighted by Gasteiger charge is 2.31. The molecule has 17 heavy (non-hydrogen) atoms. The standard InChI is InChI=1S/C12H24N2O3/c1-7-9(8(2)3)13-10(15)12(4,5)14-11(16)17-6/h8-9H,7H2,1-6H3,(H,13,15)(H,14,16)/t9-/m0/s1. The molecule has 0 rings (SSSR count). The van der Waals surface area contributed by atoms with Crippen molar-refractivity contribution in [3.05, 3.63) is 0 Å². The van der Waals surface area contributed by atoms with Crippen LogP contribution in [-0.4, -0.2) is 30.7 Å². The molecule has 0 unspecified atom stereocenters. The van der Waals surface area contributed by atoms with Gasteiger partial charge in [-0.05, 0) is 26.2 Å². The van der Waals surface area contributed by atoms with Crippen molar-refractivity contribution in [1.29, 1.82) is 0 Å². The third kappa shape index (κ3) is 5.06. The normalized spacial score (nSPS) is 13.1. The quantitative estimate of drug-likeness (QED) is 0.773. The van der Waals surface area contributed by atoms with E-state index in [0.717, 1.165) is 6.42 Å². The van der Waals surface area contributed by atoms with Crippen molar-refractivity contribution in [1.82, 2.24) is 10.6 Å². The first kappa shape index (κ1) is 15.7. The van der Waals surface area contributed by atoms with E-state index in [0.29, 0.717) is 5.92 Å². The Morgan fingerprint density at radius 2 is 1.82 bits per heavy atom. The van der Waals surface area contributed by atoms with Crippen LogP contribution in [0.5, 0.6) is 0 Å². The summed E-state index contributed by atoms with van der Waals surface area (Å²) in [6, 6.07) is 0.112. The van der Waals surface area contributed by atoms with Gasteiger partial charge in [0.1, 0.15) is 5.54 Å². The van der Waals surface area contributed by atoms with E-state index in [1.54, 1.807) is 13.8 Å². The molecule has 5 heteroatoms. The molecule has 0 saturated carbocycles. The van der Waals surface area contributed by atoms with E-state index >= 15 is 0 Å². The van der Waals surface area contributed by atoms with Crippen molar-refractivity contribution >= 4 is 12.0 Å². The van der Waals surface area contributed by atoms with Gasteiger partial charge in [-0.15, -0.1) is 0 Å². The Morgan fingerprint density at radius 1 is 1.29 bits per heavy atom. The molecule has 0 aromatic heterocycles. The number of ether oxygens (including phenoxy) is 1. The Kier molecular flexibility index (Phi) is 5.99. The van der Waals surface area contributed by atoms with Gasteiger partial charge in [0.05, 0.1) is 7.11 Å². The van der Waals surface area contributed by atoms with Crippen molar-refractivity contribution in [2.45, 2.75) is 52.6 Å². The van der Waals surface area contributed by atoms with Crippen molar-refractivity contribution in [2.24, 2.45) is 5.92 Å². The summed E-state index contributed by atoms with van der Waals surface area (Å²) in [6.07, 6.45) is 0.250. The fraction of sp³-hybridized carbons (Fsp3) is 0.833. The van der Waals surface area contributed by atoms with Gasteiger partial charge >= 0.3 is 6.09 Å². The van der Waals surface area contributed by atoms with E-state index < -0.39 is 11.6 Å². The molecule has 0 heterocycles. The third-order valence-corrected chi connectivity index (χ3v) is 2.73. The largest absolute Gasteiger partial charge is 0.453 e. The van der Waals surface area contributed by atoms with Crippen LogP contribution in [0.25, 0.3) is 0 Å². The molecule has 0 radical (unpaired) electrons. The van der Waals surface area contributed by atoms with Crippen LogP contribution in [-0.2, 0) is 9.53 Å². The van der Waals surface area contributed by atoms with Crippen LogP contribution in [0.15, 0.2) is 0 Å². The fourth-order valence-electron chi connectivity index (χ4n) is 1.45. The molecular formula is C12H24N2O3. The Bertz CT molecular complexity index is 275. The minimum Gasteiger partial charge on any atom is -0.453 e. The number of carbonyl (C=O) groups is 2. The van der Waals surface area contributed by atoms with Crippen LogP contribution in [0.3, 0.4) is 0 Å².